The van der Waals surface area contributed by atoms with Crippen LogP contribution in [0.25, 0.3) is 0 Å². The minimum absolute atomic E-state index is 1.33. The van der Waals surface area contributed by atoms with E-state index in [0.717, 1.165) is 0 Å². The van der Waals surface area contributed by atoms with E-state index in [1.807, 2.05) is 0 Å². The molecular formula is CH3N2O. The second-order valence-corrected chi connectivity index (χ2v) is 0.282. The van der Waals surface area contributed by atoms with Gasteiger partial charge in [-0.2, -0.15) is 5.43 Å². The summed E-state index contributed by atoms with van der Waals surface area (Å²) < 4.78 is 0. The molecule has 0 aromatic carbocycles. The van der Waals surface area contributed by atoms with Gasteiger partial charge in [0.05, 0.1) is 12.3 Å². The van der Waals surface area contributed by atoms with E-state index in [-0.39, 0.29) is 0 Å². The Bertz CT molecular complexity index is 20.0. The molecule has 0 heterocycles. The SMILES string of the molecule is C[N]N=O. The second kappa shape index (κ2) is 2.40. The Morgan fingerprint density at radius 3 is 2.00 bits per heavy atom. The van der Waals surface area contributed by atoms with Crippen molar-refractivity contribution in [1.29, 1.82) is 0 Å². The first-order valence-corrected chi connectivity index (χ1v) is 0.830. The van der Waals surface area contributed by atoms with Crippen LogP contribution in [0.1, 0.15) is 0 Å². The summed E-state index contributed by atoms with van der Waals surface area (Å²) in [7, 11) is 1.33. The molecule has 0 rings (SSSR count). The molecule has 1 radical (unpaired) electrons. The highest BCUT2D eigenvalue weighted by molar-refractivity contribution is 4.05. The van der Waals surface area contributed by atoms with Gasteiger partial charge in [-0.3, -0.25) is 0 Å². The smallest absolute Gasteiger partial charge is 0.0744 e. The lowest BCUT2D eigenvalue weighted by Gasteiger charge is -1.56. The summed E-state index contributed by atoms with van der Waals surface area (Å²) >= 11 is 0. The van der Waals surface area contributed by atoms with E-state index in [2.05, 4.69) is 10.7 Å². The molecule has 0 N–H and O–H groups in total. The summed E-state index contributed by atoms with van der Waals surface area (Å²) in [6.45, 7) is 0. The van der Waals surface area contributed by atoms with Gasteiger partial charge in [0, 0.05) is 0 Å². The molecule has 0 unspecified atom stereocenters. The van der Waals surface area contributed by atoms with Crippen molar-refractivity contribution in [1.82, 2.24) is 5.43 Å². The Labute approximate surface area is 24.0 Å². The van der Waals surface area contributed by atoms with Gasteiger partial charge in [-0.25, -0.2) is 0 Å². The minimum Gasteiger partial charge on any atom is -0.153 e. The van der Waals surface area contributed by atoms with Gasteiger partial charge < -0.3 is 0 Å². The van der Waals surface area contributed by atoms with Crippen LogP contribution in [0, 0.1) is 4.91 Å². The molecule has 0 bridgehead atoms. The quantitative estimate of drug-likeness (QED) is 0.307. The van der Waals surface area contributed by atoms with Crippen molar-refractivity contribution in [3.63, 3.8) is 0 Å². The highest BCUT2D eigenvalue weighted by atomic mass is 16.3. The molecule has 0 saturated heterocycles. The predicted molar refractivity (Wildman–Crippen MR) is 13.9 cm³/mol. The molecule has 0 aliphatic heterocycles. The lowest BCUT2D eigenvalue weighted by atomic mass is 11.5. The summed E-state index contributed by atoms with van der Waals surface area (Å²) in [5, 5.41) is 2.11. The van der Waals surface area contributed by atoms with Gasteiger partial charge >= 0.3 is 0 Å². The fourth-order valence-corrected chi connectivity index (χ4v) is 0. The monoisotopic (exact) mass is 59.0 g/mol. The molecule has 0 aliphatic carbocycles. The fourth-order valence-electron chi connectivity index (χ4n) is 0. The normalized spacial score (nSPS) is 5.25. The van der Waals surface area contributed by atoms with Crippen LogP contribution in [0.15, 0.2) is 5.29 Å². The molecule has 0 aliphatic rings. The number of nitrogens with zero attached hydrogens (tertiary/aromatic N) is 2. The minimum atomic E-state index is 1.33. The third kappa shape index (κ3) is 1.40. The van der Waals surface area contributed by atoms with Crippen LogP contribution in [0.2, 0.25) is 0 Å². The van der Waals surface area contributed by atoms with Crippen molar-refractivity contribution in [2.24, 2.45) is 5.29 Å². The van der Waals surface area contributed by atoms with Gasteiger partial charge in [-0.1, -0.05) is 0 Å². The van der Waals surface area contributed by atoms with Crippen LogP contribution in [0.4, 0.5) is 0 Å². The molecule has 0 atom stereocenters. The van der Waals surface area contributed by atoms with Gasteiger partial charge in [0.15, 0.2) is 0 Å². The first-order chi connectivity index (χ1) is 1.91. The largest absolute Gasteiger partial charge is 0.153 e. The van der Waals surface area contributed by atoms with Crippen molar-refractivity contribution in [3.05, 3.63) is 4.91 Å². The molecule has 3 nitrogen and oxygen atoms in total. The molecule has 0 aromatic rings. The standard InChI is InChI=1S/CH3N2O/c1-2-3-4/h1H3. The first kappa shape index (κ1) is 3.40. The van der Waals surface area contributed by atoms with E-state index in [1.165, 1.54) is 7.05 Å². The topological polar surface area (TPSA) is 43.5 Å². The summed E-state index contributed by atoms with van der Waals surface area (Å²) in [6, 6.07) is 0. The Morgan fingerprint density at radius 2 is 2.00 bits per heavy atom. The molecule has 3 heteroatoms. The molecule has 0 saturated carbocycles. The van der Waals surface area contributed by atoms with Gasteiger partial charge in [0.25, 0.3) is 0 Å². The Balaban J connectivity index is 2.30. The fraction of sp³-hybridized carbons (Fsp3) is 1.00. The van der Waals surface area contributed by atoms with Crippen LogP contribution in [0.3, 0.4) is 0 Å². The Hall–Kier alpha value is -0.600. The van der Waals surface area contributed by atoms with E-state index in [0.29, 0.717) is 0 Å². The zero-order chi connectivity index (χ0) is 3.41. The molecule has 4 heavy (non-hydrogen) atoms. The number of rotatable bonds is 1. The maximum absolute atomic E-state index is 8.76. The van der Waals surface area contributed by atoms with Gasteiger partial charge in [0.2, 0.25) is 0 Å². The molecule has 0 spiro atoms. The first-order valence-electron chi connectivity index (χ1n) is 0.830. The maximum atomic E-state index is 8.76. The highest BCUT2D eigenvalue weighted by Gasteiger charge is 1.47. The van der Waals surface area contributed by atoms with Crippen LogP contribution in [-0.2, 0) is 0 Å². The zero-order valence-electron chi connectivity index (χ0n) is 2.30. The zero-order valence-corrected chi connectivity index (χ0v) is 2.30. The average molecular weight is 59.0 g/mol. The van der Waals surface area contributed by atoms with Crippen LogP contribution in [-0.4, -0.2) is 7.05 Å². The number of hydrogen-bond donors (Lipinski definition) is 0. The van der Waals surface area contributed by atoms with Gasteiger partial charge in [0.1, 0.15) is 0 Å². The summed E-state index contributed by atoms with van der Waals surface area (Å²) in [5.41, 5.74) is 2.81. The Morgan fingerprint density at radius 1 is 1.75 bits per heavy atom. The van der Waals surface area contributed by atoms with Crippen molar-refractivity contribution in [2.75, 3.05) is 7.05 Å². The third-order valence-electron chi connectivity index (χ3n) is 0.0816. The molecule has 0 amide bonds. The van der Waals surface area contributed by atoms with Crippen molar-refractivity contribution in [3.8, 4) is 0 Å². The summed E-state index contributed by atoms with van der Waals surface area (Å²) in [5.74, 6) is 0. The molecule has 0 aromatic heterocycles. The van der Waals surface area contributed by atoms with Crippen LogP contribution < -0.4 is 5.43 Å². The van der Waals surface area contributed by atoms with E-state index >= 15 is 0 Å². The van der Waals surface area contributed by atoms with E-state index in [9.17, 15) is 0 Å². The van der Waals surface area contributed by atoms with Crippen molar-refractivity contribution < 1.29 is 0 Å². The van der Waals surface area contributed by atoms with E-state index < -0.39 is 0 Å². The Kier molecular flexibility index (Phi) is 2.04. The predicted octanol–water partition coefficient (Wildman–Crippen LogP) is -0.0980. The average Bonchev–Trinajstić information content (AvgIpc) is 1.37. The van der Waals surface area contributed by atoms with Crippen molar-refractivity contribution >= 4 is 0 Å². The summed E-state index contributed by atoms with van der Waals surface area (Å²) in [6.07, 6.45) is 0. The highest BCUT2D eigenvalue weighted by Crippen LogP contribution is 1.38. The lowest BCUT2D eigenvalue weighted by molar-refractivity contribution is 0.869. The van der Waals surface area contributed by atoms with E-state index in [1.54, 1.807) is 0 Å². The van der Waals surface area contributed by atoms with Gasteiger partial charge in [-0.15, -0.1) is 4.91 Å². The lowest BCUT2D eigenvalue weighted by Crippen LogP contribution is -1.74. The molecule has 0 fully saturated rings. The molecule has 23 valence electrons. The third-order valence-corrected chi connectivity index (χ3v) is 0.0816. The van der Waals surface area contributed by atoms with Gasteiger partial charge in [-0.05, 0) is 0 Å². The van der Waals surface area contributed by atoms with Crippen LogP contribution in [0.5, 0.6) is 0 Å². The number of hydrogen-bond acceptors (Lipinski definition) is 2. The summed E-state index contributed by atoms with van der Waals surface area (Å²) in [4.78, 5) is 8.76. The second-order valence-electron chi connectivity index (χ2n) is 0.282. The van der Waals surface area contributed by atoms with Crippen LogP contribution >= 0.6 is 0 Å². The molecular weight excluding hydrogens is 56.0 g/mol. The number of nitroso groups, excluding NO2 is 1. The van der Waals surface area contributed by atoms with E-state index in [4.69, 9.17) is 4.91 Å². The maximum Gasteiger partial charge on any atom is 0.0744 e. The van der Waals surface area contributed by atoms with Crippen molar-refractivity contribution in [2.45, 2.75) is 0 Å².